The number of carbonyl (C=O) groups excluding carboxylic acids is 4. The number of carboxylic acid groups (broad SMARTS) is 1. The average Bonchev–Trinajstić information content (AvgIpc) is 2.69. The van der Waals surface area contributed by atoms with Gasteiger partial charge in [0.15, 0.2) is 0 Å². The Kier molecular flexibility index (Phi) is 8.08. The highest BCUT2D eigenvalue weighted by Gasteiger charge is 2.34. The van der Waals surface area contributed by atoms with E-state index >= 15 is 0 Å². The van der Waals surface area contributed by atoms with Crippen molar-refractivity contribution in [3.05, 3.63) is 46.3 Å². The molecule has 12 heteroatoms. The Morgan fingerprint density at radius 3 is 2.52 bits per heavy atom. The predicted octanol–water partition coefficient (Wildman–Crippen LogP) is -1.87. The fourth-order valence-corrected chi connectivity index (χ4v) is 3.12. The molecule has 4 atom stereocenters. The lowest BCUT2D eigenvalue weighted by molar-refractivity contribution is -0.305. The Labute approximate surface area is 180 Å². The lowest BCUT2D eigenvalue weighted by atomic mass is 9.89. The van der Waals surface area contributed by atoms with Crippen LogP contribution in [0.5, 0.6) is 0 Å². The van der Waals surface area contributed by atoms with E-state index < -0.39 is 60.2 Å². The summed E-state index contributed by atoms with van der Waals surface area (Å²) in [7, 11) is 0. The molecule has 0 fully saturated rings. The Bertz CT molecular complexity index is 924. The molecular weight excluding hydrogens is 437 g/mol. The number of primary amides is 1. The molecule has 1 aromatic carbocycles. The third-order valence-corrected chi connectivity index (χ3v) is 4.92. The van der Waals surface area contributed by atoms with E-state index in [9.17, 15) is 38.9 Å². The van der Waals surface area contributed by atoms with Gasteiger partial charge in [-0.15, -0.1) is 0 Å². The first-order valence-electron chi connectivity index (χ1n) is 9.12. The van der Waals surface area contributed by atoms with Gasteiger partial charge in [0.2, 0.25) is 11.8 Å². The van der Waals surface area contributed by atoms with Gasteiger partial charge in [0.1, 0.15) is 18.0 Å². The third kappa shape index (κ3) is 6.48. The number of aliphatic hydroxyl groups excluding tert-OH is 2. The van der Waals surface area contributed by atoms with Crippen LogP contribution >= 0.6 is 11.6 Å². The van der Waals surface area contributed by atoms with Crippen molar-refractivity contribution in [3.8, 4) is 0 Å². The summed E-state index contributed by atoms with van der Waals surface area (Å²) in [5, 5.41) is 35.2. The average molecular weight is 457 g/mol. The number of benzene rings is 1. The Morgan fingerprint density at radius 1 is 1.26 bits per heavy atom. The molecule has 0 spiro atoms. The first-order chi connectivity index (χ1) is 14.5. The molecule has 0 bridgehead atoms. The molecule has 168 valence electrons. The van der Waals surface area contributed by atoms with Gasteiger partial charge >= 0.3 is 0 Å². The standard InChI is InChI=1S/C19H21ClFN3O7/c20-10-5-8(1-2-11(10)21)18(30)24-13-6-9(7-14(25)16(13)28)19(31)23-12(17(22)29)3-4-15(26)27/h1-2,5-6,12-14,16,25,28H,3-4,7H2,(H2,22,29)(H,23,31)(H,24,30)(H,26,27)/p-1/t12-,13+,14+,16+/m0/s1. The molecular formula is C19H20ClFN3O7-. The zero-order valence-corrected chi connectivity index (χ0v) is 16.8. The molecule has 1 aliphatic carbocycles. The van der Waals surface area contributed by atoms with Crippen molar-refractivity contribution in [2.75, 3.05) is 0 Å². The van der Waals surface area contributed by atoms with E-state index in [1.165, 1.54) is 6.08 Å². The molecule has 0 radical (unpaired) electrons. The SMILES string of the molecule is NC(=O)[C@H](CCC(=O)[O-])NC(=O)C1=C[C@@H](NC(=O)c2ccc(F)c(Cl)c2)[C@@H](O)[C@H](O)C1. The molecule has 0 saturated carbocycles. The summed E-state index contributed by atoms with van der Waals surface area (Å²) in [6, 6.07) is 0.716. The van der Waals surface area contributed by atoms with E-state index in [4.69, 9.17) is 17.3 Å². The highest BCUT2D eigenvalue weighted by Crippen LogP contribution is 2.21. The fraction of sp³-hybridized carbons (Fsp3) is 0.368. The number of hydrogen-bond donors (Lipinski definition) is 5. The summed E-state index contributed by atoms with van der Waals surface area (Å²) in [5.41, 5.74) is 5.07. The van der Waals surface area contributed by atoms with Crippen LogP contribution in [0.1, 0.15) is 29.6 Å². The van der Waals surface area contributed by atoms with Crippen LogP contribution in [0.15, 0.2) is 29.8 Å². The molecule has 10 nitrogen and oxygen atoms in total. The van der Waals surface area contributed by atoms with Crippen LogP contribution in [0.25, 0.3) is 0 Å². The molecule has 0 aliphatic heterocycles. The number of carboxylic acids is 1. The van der Waals surface area contributed by atoms with Gasteiger partial charge in [0.05, 0.1) is 17.2 Å². The van der Waals surface area contributed by atoms with Crippen molar-refractivity contribution in [2.45, 2.75) is 43.6 Å². The van der Waals surface area contributed by atoms with E-state index in [1.807, 2.05) is 0 Å². The molecule has 0 heterocycles. The maximum absolute atomic E-state index is 13.3. The summed E-state index contributed by atoms with van der Waals surface area (Å²) in [4.78, 5) is 46.9. The molecule has 0 unspecified atom stereocenters. The molecule has 3 amide bonds. The van der Waals surface area contributed by atoms with Crippen molar-refractivity contribution in [1.82, 2.24) is 10.6 Å². The van der Waals surface area contributed by atoms with E-state index in [-0.39, 0.29) is 29.0 Å². The van der Waals surface area contributed by atoms with Crippen LogP contribution < -0.4 is 21.5 Å². The van der Waals surface area contributed by atoms with Gasteiger partial charge in [-0.2, -0.15) is 0 Å². The number of aliphatic carboxylic acids is 1. The van der Waals surface area contributed by atoms with Crippen molar-refractivity contribution in [1.29, 1.82) is 0 Å². The number of halogens is 2. The first kappa shape index (κ1) is 24.3. The number of rotatable bonds is 8. The molecule has 1 aliphatic rings. The summed E-state index contributed by atoms with van der Waals surface area (Å²) >= 11 is 5.65. The number of hydrogen-bond acceptors (Lipinski definition) is 7. The van der Waals surface area contributed by atoms with Crippen LogP contribution in [0.3, 0.4) is 0 Å². The summed E-state index contributed by atoms with van der Waals surface area (Å²) in [5.74, 6) is -4.71. The van der Waals surface area contributed by atoms with Gasteiger partial charge in [0, 0.05) is 23.5 Å². The minimum atomic E-state index is -1.46. The second kappa shape index (κ2) is 10.3. The summed E-state index contributed by atoms with van der Waals surface area (Å²) in [6.45, 7) is 0. The maximum Gasteiger partial charge on any atom is 0.251 e. The van der Waals surface area contributed by atoms with Crippen molar-refractivity contribution >= 4 is 35.3 Å². The topological polar surface area (TPSA) is 182 Å². The Balaban J connectivity index is 2.16. The monoisotopic (exact) mass is 456 g/mol. The highest BCUT2D eigenvalue weighted by atomic mass is 35.5. The zero-order valence-electron chi connectivity index (χ0n) is 16.0. The smallest absolute Gasteiger partial charge is 0.251 e. The molecule has 31 heavy (non-hydrogen) atoms. The molecule has 2 rings (SSSR count). The lowest BCUT2D eigenvalue weighted by Gasteiger charge is -2.31. The summed E-state index contributed by atoms with van der Waals surface area (Å²) in [6.07, 6.45) is -2.81. The minimum absolute atomic E-state index is 0.0193. The molecule has 0 aromatic heterocycles. The van der Waals surface area contributed by atoms with Crippen LogP contribution in [0.2, 0.25) is 5.02 Å². The second-order valence-electron chi connectivity index (χ2n) is 6.92. The number of nitrogens with one attached hydrogen (secondary N) is 2. The number of amides is 3. The van der Waals surface area contributed by atoms with Gasteiger partial charge in [-0.05, 0) is 31.0 Å². The molecule has 6 N–H and O–H groups in total. The van der Waals surface area contributed by atoms with Gasteiger partial charge in [-0.1, -0.05) is 17.7 Å². The van der Waals surface area contributed by atoms with E-state index in [0.29, 0.717) is 0 Å². The highest BCUT2D eigenvalue weighted by molar-refractivity contribution is 6.31. The van der Waals surface area contributed by atoms with Crippen molar-refractivity contribution < 1.29 is 38.9 Å². The Hall–Kier alpha value is -3.02. The minimum Gasteiger partial charge on any atom is -0.550 e. The fourth-order valence-electron chi connectivity index (χ4n) is 2.93. The Morgan fingerprint density at radius 2 is 1.94 bits per heavy atom. The normalized spacial score (nSPS) is 21.5. The van der Waals surface area contributed by atoms with Gasteiger partial charge in [0.25, 0.3) is 5.91 Å². The largest absolute Gasteiger partial charge is 0.550 e. The van der Waals surface area contributed by atoms with Crippen molar-refractivity contribution in [3.63, 3.8) is 0 Å². The summed E-state index contributed by atoms with van der Waals surface area (Å²) < 4.78 is 13.3. The number of carbonyl (C=O) groups is 4. The molecule has 1 aromatic rings. The van der Waals surface area contributed by atoms with E-state index in [1.54, 1.807) is 0 Å². The van der Waals surface area contributed by atoms with Crippen molar-refractivity contribution in [2.24, 2.45) is 5.73 Å². The first-order valence-corrected chi connectivity index (χ1v) is 9.50. The van der Waals surface area contributed by atoms with Gasteiger partial charge in [-0.3, -0.25) is 14.4 Å². The second-order valence-corrected chi connectivity index (χ2v) is 7.33. The van der Waals surface area contributed by atoms with Crippen LogP contribution in [0.4, 0.5) is 4.39 Å². The quantitative estimate of drug-likeness (QED) is 0.303. The zero-order chi connectivity index (χ0) is 23.3. The van der Waals surface area contributed by atoms with Gasteiger partial charge < -0.3 is 36.5 Å². The van der Waals surface area contributed by atoms with E-state index in [2.05, 4.69) is 10.6 Å². The number of nitrogens with two attached hydrogens (primary N) is 1. The van der Waals surface area contributed by atoms with Gasteiger partial charge in [-0.25, -0.2) is 4.39 Å². The predicted molar refractivity (Wildman–Crippen MR) is 103 cm³/mol. The van der Waals surface area contributed by atoms with Crippen LogP contribution in [0, 0.1) is 5.82 Å². The number of aliphatic hydroxyl groups is 2. The van der Waals surface area contributed by atoms with E-state index in [0.717, 1.165) is 18.2 Å². The maximum atomic E-state index is 13.3. The lowest BCUT2D eigenvalue weighted by Crippen LogP contribution is -2.52. The molecule has 0 saturated heterocycles. The third-order valence-electron chi connectivity index (χ3n) is 4.63. The van der Waals surface area contributed by atoms with Crippen LogP contribution in [-0.2, 0) is 14.4 Å². The van der Waals surface area contributed by atoms with Crippen LogP contribution in [-0.4, -0.2) is 58.2 Å².